The van der Waals surface area contributed by atoms with Crippen molar-refractivity contribution in [1.82, 2.24) is 0 Å². The molecular formula is C63H108NO8P. The fraction of sp³-hybridized carbons (Fsp3) is 0.683. The van der Waals surface area contributed by atoms with Crippen LogP contribution in [0.4, 0.5) is 0 Å². The Balaban J connectivity index is 3.92. The van der Waals surface area contributed by atoms with E-state index in [2.05, 4.69) is 123 Å². The van der Waals surface area contributed by atoms with E-state index in [9.17, 15) is 19.0 Å². The number of rotatable bonds is 54. The molecule has 2 unspecified atom stereocenters. The molecule has 0 radical (unpaired) electrons. The summed E-state index contributed by atoms with van der Waals surface area (Å²) >= 11 is 0. The zero-order chi connectivity index (χ0) is 53.1. The predicted molar refractivity (Wildman–Crippen MR) is 311 cm³/mol. The summed E-state index contributed by atoms with van der Waals surface area (Å²) in [5.74, 6) is -0.830. The summed E-state index contributed by atoms with van der Waals surface area (Å²) in [6.45, 7) is 3.62. The van der Waals surface area contributed by atoms with Crippen LogP contribution in [0.25, 0.3) is 0 Å². The molecule has 0 heterocycles. The summed E-state index contributed by atoms with van der Waals surface area (Å²) in [5.41, 5.74) is 5.37. The molecule has 0 saturated heterocycles. The normalized spacial score (nSPS) is 13.9. The monoisotopic (exact) mass is 1040 g/mol. The van der Waals surface area contributed by atoms with Gasteiger partial charge in [-0.1, -0.05) is 258 Å². The van der Waals surface area contributed by atoms with Crippen molar-refractivity contribution in [3.05, 3.63) is 109 Å². The van der Waals surface area contributed by atoms with Crippen molar-refractivity contribution in [2.24, 2.45) is 5.73 Å². The molecule has 0 aliphatic rings. The van der Waals surface area contributed by atoms with Crippen LogP contribution in [0, 0.1) is 0 Å². The number of phosphoric ester groups is 1. The molecule has 9 nitrogen and oxygen atoms in total. The molecule has 0 aliphatic carbocycles. The van der Waals surface area contributed by atoms with Crippen LogP contribution in [0.3, 0.4) is 0 Å². The average molecular weight is 1040 g/mol. The minimum Gasteiger partial charge on any atom is -0.462 e. The van der Waals surface area contributed by atoms with Gasteiger partial charge in [-0.3, -0.25) is 18.6 Å². The highest BCUT2D eigenvalue weighted by atomic mass is 31.2. The van der Waals surface area contributed by atoms with Crippen molar-refractivity contribution in [1.29, 1.82) is 0 Å². The van der Waals surface area contributed by atoms with Gasteiger partial charge in [0.05, 0.1) is 13.2 Å². The van der Waals surface area contributed by atoms with Crippen LogP contribution < -0.4 is 5.73 Å². The summed E-state index contributed by atoms with van der Waals surface area (Å²) in [6, 6.07) is 0. The summed E-state index contributed by atoms with van der Waals surface area (Å²) in [4.78, 5) is 35.1. The number of unbranched alkanes of at least 4 members (excludes halogenated alkanes) is 23. The molecule has 0 rings (SSSR count). The minimum absolute atomic E-state index is 0.0501. The van der Waals surface area contributed by atoms with E-state index in [1.54, 1.807) is 0 Å². The standard InChI is InChI=1S/C63H108NO8P/c1-3-5-7-9-11-13-15-17-18-19-20-21-22-23-24-25-26-27-28-29-30-31-32-33-34-35-36-37-38-39-40-41-42-44-46-48-50-52-54-56-63(66)72-61(60-71-73(67,68)70-58-57-64)59-69-62(65)55-53-51-49-47-45-43-16-14-12-10-8-6-4-2/h5,7,11,13,17-18,20-21,23-24,26-27,29-30,32-33,35-36,61H,3-4,6,8-10,12,14-16,19,22,25,28,31,34,37-60,64H2,1-2H3,(H,67,68)/b7-5-,13-11-,18-17-,21-20-,24-23-,27-26-,30-29-,33-32-,36-35-. The molecule has 0 spiro atoms. The lowest BCUT2D eigenvalue weighted by Crippen LogP contribution is -2.29. The van der Waals surface area contributed by atoms with Crippen LogP contribution in [-0.4, -0.2) is 49.3 Å². The molecular weight excluding hydrogens is 930 g/mol. The van der Waals surface area contributed by atoms with Gasteiger partial charge in [0.1, 0.15) is 6.61 Å². The number of ether oxygens (including phenoxy) is 2. The van der Waals surface area contributed by atoms with Gasteiger partial charge in [0.2, 0.25) is 0 Å². The highest BCUT2D eigenvalue weighted by molar-refractivity contribution is 7.47. The van der Waals surface area contributed by atoms with E-state index in [0.717, 1.165) is 103 Å². The first-order valence-corrected chi connectivity index (χ1v) is 30.9. The molecule has 0 aromatic heterocycles. The molecule has 0 bridgehead atoms. The van der Waals surface area contributed by atoms with Crippen LogP contribution in [0.15, 0.2) is 109 Å². The molecule has 0 aromatic rings. The second-order valence-corrected chi connectivity index (χ2v) is 20.6. The number of esters is 2. The second kappa shape index (κ2) is 57.9. The highest BCUT2D eigenvalue weighted by Crippen LogP contribution is 2.43. The maximum atomic E-state index is 12.7. The van der Waals surface area contributed by atoms with E-state index in [1.165, 1.54) is 109 Å². The topological polar surface area (TPSA) is 134 Å². The quantitative estimate of drug-likeness (QED) is 0.0264. The van der Waals surface area contributed by atoms with Gasteiger partial charge in [0, 0.05) is 19.4 Å². The first kappa shape index (κ1) is 69.7. The summed E-state index contributed by atoms with van der Waals surface area (Å²) in [7, 11) is -4.39. The SMILES string of the molecule is CC/C=C\C/C=C\C/C=C\C/C=C\C/C=C\C/C=C\C/C=C\C/C=C\C/C=C\CCCCCCCCCCCCCC(=O)OC(COC(=O)CCCCCCCCCCCCCCC)COP(=O)(O)OCCN. The fourth-order valence-electron chi connectivity index (χ4n) is 7.86. The Labute approximate surface area is 448 Å². The fourth-order valence-corrected chi connectivity index (χ4v) is 8.63. The Morgan fingerprint density at radius 2 is 0.753 bits per heavy atom. The van der Waals surface area contributed by atoms with Crippen molar-refractivity contribution >= 4 is 19.8 Å². The lowest BCUT2D eigenvalue weighted by molar-refractivity contribution is -0.161. The van der Waals surface area contributed by atoms with Gasteiger partial charge in [0.25, 0.3) is 0 Å². The van der Waals surface area contributed by atoms with Gasteiger partial charge in [-0.25, -0.2) is 4.57 Å². The number of hydrogen-bond acceptors (Lipinski definition) is 8. The van der Waals surface area contributed by atoms with E-state index in [4.69, 9.17) is 24.3 Å². The predicted octanol–water partition coefficient (Wildman–Crippen LogP) is 18.6. The molecule has 73 heavy (non-hydrogen) atoms. The van der Waals surface area contributed by atoms with E-state index in [-0.39, 0.29) is 38.6 Å². The lowest BCUT2D eigenvalue weighted by atomic mass is 10.0. The van der Waals surface area contributed by atoms with Crippen LogP contribution in [0.5, 0.6) is 0 Å². The number of allylic oxidation sites excluding steroid dienone is 18. The van der Waals surface area contributed by atoms with Crippen LogP contribution in [0.1, 0.15) is 245 Å². The molecule has 0 aromatic carbocycles. The van der Waals surface area contributed by atoms with E-state index in [1.807, 2.05) is 0 Å². The third-order valence-corrected chi connectivity index (χ3v) is 13.2. The minimum atomic E-state index is -4.39. The van der Waals surface area contributed by atoms with Crippen LogP contribution >= 0.6 is 7.82 Å². The summed E-state index contributed by atoms with van der Waals surface area (Å²) in [6.07, 6.45) is 78.7. The molecule has 0 amide bonds. The molecule has 2 atom stereocenters. The maximum Gasteiger partial charge on any atom is 0.472 e. The zero-order valence-corrected chi connectivity index (χ0v) is 47.5. The number of hydrogen-bond donors (Lipinski definition) is 2. The zero-order valence-electron chi connectivity index (χ0n) is 46.6. The van der Waals surface area contributed by atoms with Crippen LogP contribution in [0.2, 0.25) is 0 Å². The largest absolute Gasteiger partial charge is 0.472 e. The van der Waals surface area contributed by atoms with Gasteiger partial charge in [-0.15, -0.1) is 0 Å². The maximum absolute atomic E-state index is 12.7. The third kappa shape index (κ3) is 57.8. The number of carbonyl (C=O) groups is 2. The highest BCUT2D eigenvalue weighted by Gasteiger charge is 2.26. The molecule has 0 saturated carbocycles. The van der Waals surface area contributed by atoms with E-state index < -0.39 is 26.5 Å². The Morgan fingerprint density at radius 1 is 0.425 bits per heavy atom. The Bertz CT molecular complexity index is 1560. The molecule has 3 N–H and O–H groups in total. The third-order valence-electron chi connectivity index (χ3n) is 12.2. The van der Waals surface area contributed by atoms with Gasteiger partial charge in [0.15, 0.2) is 6.10 Å². The Hall–Kier alpha value is -3.33. The first-order chi connectivity index (χ1) is 35.8. The number of carbonyl (C=O) groups excluding carboxylic acids is 2. The van der Waals surface area contributed by atoms with Gasteiger partial charge in [-0.05, 0) is 83.5 Å². The molecule has 0 aliphatic heterocycles. The summed E-state index contributed by atoms with van der Waals surface area (Å²) in [5, 5.41) is 0. The van der Waals surface area contributed by atoms with Crippen molar-refractivity contribution in [3.8, 4) is 0 Å². The van der Waals surface area contributed by atoms with E-state index in [0.29, 0.717) is 6.42 Å². The van der Waals surface area contributed by atoms with Gasteiger partial charge in [-0.2, -0.15) is 0 Å². The summed E-state index contributed by atoms with van der Waals surface area (Å²) < 4.78 is 33.0. The Morgan fingerprint density at radius 3 is 1.12 bits per heavy atom. The number of nitrogens with two attached hydrogens (primary N) is 1. The van der Waals surface area contributed by atoms with Crippen molar-refractivity contribution in [2.75, 3.05) is 26.4 Å². The van der Waals surface area contributed by atoms with Gasteiger partial charge < -0.3 is 20.1 Å². The Kier molecular flexibility index (Phi) is 55.3. The van der Waals surface area contributed by atoms with Crippen molar-refractivity contribution in [3.63, 3.8) is 0 Å². The van der Waals surface area contributed by atoms with Crippen LogP contribution in [-0.2, 0) is 32.7 Å². The lowest BCUT2D eigenvalue weighted by Gasteiger charge is -2.19. The van der Waals surface area contributed by atoms with E-state index >= 15 is 0 Å². The average Bonchev–Trinajstić information content (AvgIpc) is 3.38. The van der Waals surface area contributed by atoms with Gasteiger partial charge >= 0.3 is 19.8 Å². The molecule has 418 valence electrons. The first-order valence-electron chi connectivity index (χ1n) is 29.4. The molecule has 10 heteroatoms. The van der Waals surface area contributed by atoms with Crippen molar-refractivity contribution < 1.29 is 37.6 Å². The number of phosphoric acid groups is 1. The molecule has 0 fully saturated rings. The second-order valence-electron chi connectivity index (χ2n) is 19.1. The smallest absolute Gasteiger partial charge is 0.462 e. The van der Waals surface area contributed by atoms with Crippen molar-refractivity contribution in [2.45, 2.75) is 251 Å².